The average Bonchev–Trinajstić information content (AvgIpc) is 0.737. The number of amides is 3. The van der Waals surface area contributed by atoms with Crippen molar-refractivity contribution >= 4 is 85.5 Å². The van der Waals surface area contributed by atoms with Crippen LogP contribution in [-0.2, 0) is 56.1 Å². The van der Waals surface area contributed by atoms with Crippen LogP contribution in [0, 0.1) is 34.9 Å². The van der Waals surface area contributed by atoms with Gasteiger partial charge in [-0.3, -0.25) is 24.0 Å². The van der Waals surface area contributed by atoms with Crippen LogP contribution < -0.4 is 36.7 Å². The minimum Gasteiger partial charge on any atom is -0.366 e. The summed E-state index contributed by atoms with van der Waals surface area (Å²) in [7, 11) is 1.76. The number of Topliss-reactive ketones (excluding diaryl/α,β-unsaturated/α-hetero) is 2. The molecule has 6 bridgehead atoms. The summed E-state index contributed by atoms with van der Waals surface area (Å²) in [6.45, 7) is 36.5. The number of likely N-dealkylation sites (N-methyl/N-ethyl adjacent to an activating group) is 1. The number of aryl methyl sites for hydroxylation is 3. The highest BCUT2D eigenvalue weighted by molar-refractivity contribution is 5.97. The van der Waals surface area contributed by atoms with Crippen LogP contribution in [0.5, 0.6) is 0 Å². The molecule has 6 atom stereocenters. The smallest absolute Gasteiger partial charge is 0.355 e. The Bertz CT molecular complexity index is 7070. The fourth-order valence-corrected chi connectivity index (χ4v) is 20.1. The van der Waals surface area contributed by atoms with E-state index in [4.69, 9.17) is 15.0 Å². The van der Waals surface area contributed by atoms with Crippen LogP contribution in [0.1, 0.15) is 165 Å². The number of ketones is 2. The van der Waals surface area contributed by atoms with Gasteiger partial charge in [-0.1, -0.05) is 146 Å². The SMILES string of the molecule is C=CC(=O)N1C[C@H](C)N(c2nc(=O)n3c4nc(c(F)cc24)-c2c(F)cccc2CC(=O)CCc2cccc(C(C)C)c2-3)C[C@H]1C.C=CC(=O)N1C[C@H](C)N(c2nc(=O)n3c4nc(c(F)cc24)-c2c(F)cccc2CC(=O)CN(C)c2cccc(C(C)C)c2-3)C[C@H]1C.C=CC(=O)N1C[C@H](C)N(c2nc(=O)n3c4nc(c(F)cc24)-c2c(F)cccc2CCCCc2cccc(C(C)C)c2-3)C[C@H]1C. The van der Waals surface area contributed by atoms with Crippen molar-refractivity contribution in [2.24, 2.45) is 0 Å². The van der Waals surface area contributed by atoms with Crippen molar-refractivity contribution < 1.29 is 50.3 Å². The minimum atomic E-state index is -0.813. The van der Waals surface area contributed by atoms with E-state index in [1.807, 2.05) is 145 Å². The van der Waals surface area contributed by atoms with E-state index in [9.17, 15) is 38.4 Å². The van der Waals surface area contributed by atoms with Crippen molar-refractivity contribution in [1.29, 1.82) is 0 Å². The highest BCUT2D eigenvalue weighted by Gasteiger charge is 2.41. The number of halogens is 6. The fourth-order valence-electron chi connectivity index (χ4n) is 20.1. The number of hydrogen-bond donors (Lipinski definition) is 0. The lowest BCUT2D eigenvalue weighted by Gasteiger charge is -2.44. The number of pyridine rings is 3. The molecular formula is C105H108F6N16O8. The van der Waals surface area contributed by atoms with E-state index in [0.717, 1.165) is 40.7 Å². The number of benzene rings is 6. The first-order chi connectivity index (χ1) is 64.5. The number of aromatic nitrogens is 9. The summed E-state index contributed by atoms with van der Waals surface area (Å²) in [5.74, 6) is -4.42. The number of piperazine rings is 3. The molecular weight excluding hydrogens is 1730 g/mol. The molecule has 698 valence electrons. The maximum Gasteiger partial charge on any atom is 0.355 e. The second-order valence-electron chi connectivity index (χ2n) is 37.1. The first kappa shape index (κ1) is 94.1. The number of carbonyl (C=O) groups is 5. The summed E-state index contributed by atoms with van der Waals surface area (Å²) >= 11 is 0. The first-order valence-corrected chi connectivity index (χ1v) is 46.0. The Morgan fingerprint density at radius 2 is 0.674 bits per heavy atom. The standard InChI is InChI=1S/C35H36F2N6O3.C35H35F2N5O3.C35H37F2N5O2/c1-7-29(45)41-16-21(5)42(17-20(41)4)33-25-15-27(37)31-30-22(10-8-12-26(30)36)14-23(44)18-40(6)28-13-9-11-24(19(2)3)32(28)43(34(25)38-31)35(46)39-33;1-6-29(44)40-17-21(5)41(18-20(40)4)33-26-16-28(37)31-30-23(10-8-12-27(30)36)15-24(43)14-13-22-9-7-11-25(19(2)3)32(22)42(34(26)38-31)35(45)39-33;1-6-29(43)40-18-22(5)41(19-21(40)4)33-26-17-28(37)31-30-23(13-10-16-27(30)36)11-7-8-12-24-14-9-15-25(20(2)3)32(24)42(34(26)38-31)35(44)39-33/h7-13,15,19-21H,1,14,16-18H2,2-6H3;6-12,16,19-21H,1,13-15,17-18H2,2-5H3;6,9-10,13-17,20-22H,1,7-8,11-12,18-19H2,2-5H3/t2*20-,21+;21-,22+/m111/s1. The zero-order valence-electron chi connectivity index (χ0n) is 78.0. The maximum atomic E-state index is 16.3. The van der Waals surface area contributed by atoms with Crippen LogP contribution in [0.4, 0.5) is 49.5 Å². The zero-order chi connectivity index (χ0) is 96.5. The predicted molar refractivity (Wildman–Crippen MR) is 514 cm³/mol. The third-order valence-electron chi connectivity index (χ3n) is 26.9. The van der Waals surface area contributed by atoms with Gasteiger partial charge >= 0.3 is 17.1 Å². The van der Waals surface area contributed by atoms with Gasteiger partial charge in [-0.25, -0.2) is 69.4 Å². The normalized spacial score (nSPS) is 18.4. The third-order valence-corrected chi connectivity index (χ3v) is 26.9. The molecule has 6 aromatic carbocycles. The van der Waals surface area contributed by atoms with Gasteiger partial charge in [0.1, 0.15) is 75.2 Å². The highest BCUT2D eigenvalue weighted by Crippen LogP contribution is 2.44. The lowest BCUT2D eigenvalue weighted by Crippen LogP contribution is -2.58. The number of rotatable bonds is 9. The number of para-hydroxylation sites is 3. The van der Waals surface area contributed by atoms with E-state index in [2.05, 4.69) is 48.5 Å². The highest BCUT2D eigenvalue weighted by atomic mass is 19.1. The van der Waals surface area contributed by atoms with E-state index >= 15 is 26.3 Å². The molecule has 3 fully saturated rings. The Morgan fingerprint density at radius 3 is 1.04 bits per heavy atom. The monoisotopic (exact) mass is 1830 g/mol. The lowest BCUT2D eigenvalue weighted by molar-refractivity contribution is -0.129. The first-order valence-electron chi connectivity index (χ1n) is 46.0. The molecule has 12 heterocycles. The van der Waals surface area contributed by atoms with Crippen LogP contribution in [0.25, 0.3) is 83.9 Å². The van der Waals surface area contributed by atoms with Crippen molar-refractivity contribution in [2.45, 2.75) is 188 Å². The van der Waals surface area contributed by atoms with Gasteiger partial charge in [-0.05, 0) is 197 Å². The van der Waals surface area contributed by atoms with Gasteiger partial charge in [0.25, 0.3) is 0 Å². The fraction of sp³-hybridized carbons (Fsp3) is 0.352. The molecule has 18 rings (SSSR count). The molecule has 6 aromatic heterocycles. The molecule has 24 nitrogen and oxygen atoms in total. The Morgan fingerprint density at radius 1 is 0.363 bits per heavy atom. The summed E-state index contributed by atoms with van der Waals surface area (Å²) < 4.78 is 99.6. The molecule has 6 aliphatic rings. The summed E-state index contributed by atoms with van der Waals surface area (Å²) in [6, 6.07) is 33.1. The summed E-state index contributed by atoms with van der Waals surface area (Å²) in [5.41, 5.74) is 5.86. The van der Waals surface area contributed by atoms with E-state index < -0.39 is 52.0 Å². The van der Waals surface area contributed by atoms with Gasteiger partial charge in [0.15, 0.2) is 22.7 Å². The molecule has 30 heteroatoms. The van der Waals surface area contributed by atoms with E-state index in [0.29, 0.717) is 109 Å². The van der Waals surface area contributed by atoms with Crippen molar-refractivity contribution in [3.63, 3.8) is 0 Å². The minimum absolute atomic E-state index is 0.0142. The average molecular weight is 1840 g/mol. The van der Waals surface area contributed by atoms with Crippen LogP contribution in [0.3, 0.4) is 0 Å². The van der Waals surface area contributed by atoms with Gasteiger partial charge in [0, 0.05) is 119 Å². The van der Waals surface area contributed by atoms with E-state index in [1.165, 1.54) is 80.5 Å². The molecule has 6 aliphatic heterocycles. The number of carbonyl (C=O) groups excluding carboxylic acids is 5. The maximum absolute atomic E-state index is 16.3. The summed E-state index contributed by atoms with van der Waals surface area (Å²) in [4.78, 5) is 148. The van der Waals surface area contributed by atoms with Crippen molar-refractivity contribution in [1.82, 2.24) is 58.3 Å². The molecule has 0 N–H and O–H groups in total. The van der Waals surface area contributed by atoms with Crippen LogP contribution in [0.15, 0.2) is 180 Å². The topological polar surface area (TPSA) is 251 Å². The van der Waals surface area contributed by atoms with E-state index in [-0.39, 0.29) is 182 Å². The summed E-state index contributed by atoms with van der Waals surface area (Å²) in [6.07, 6.45) is 6.98. The number of nitrogens with zero attached hydrogens (tertiary/aromatic N) is 16. The Balaban J connectivity index is 0.000000147. The molecule has 135 heavy (non-hydrogen) atoms. The largest absolute Gasteiger partial charge is 0.366 e. The van der Waals surface area contributed by atoms with Gasteiger partial charge < -0.3 is 34.3 Å². The van der Waals surface area contributed by atoms with Crippen LogP contribution in [-0.4, -0.2) is 177 Å². The van der Waals surface area contributed by atoms with Crippen molar-refractivity contribution in [2.75, 3.05) is 72.5 Å². The van der Waals surface area contributed by atoms with Gasteiger partial charge in [-0.2, -0.15) is 15.0 Å². The number of fused-ring (bicyclic) bond motifs is 15. The molecule has 0 unspecified atom stereocenters. The van der Waals surface area contributed by atoms with Gasteiger partial charge in [-0.15, -0.1) is 0 Å². The van der Waals surface area contributed by atoms with Gasteiger partial charge in [0.2, 0.25) is 17.7 Å². The van der Waals surface area contributed by atoms with Gasteiger partial charge in [0.05, 0.1) is 45.5 Å². The predicted octanol–water partition coefficient (Wildman–Crippen LogP) is 16.9. The molecule has 3 amide bonds. The van der Waals surface area contributed by atoms with Crippen molar-refractivity contribution in [3.8, 4) is 50.8 Å². The summed E-state index contributed by atoms with van der Waals surface area (Å²) in [5, 5.41) is 0.906. The number of hydrogen-bond acceptors (Lipinski definition) is 18. The molecule has 0 spiro atoms. The zero-order valence-corrected chi connectivity index (χ0v) is 78.0. The Labute approximate surface area is 778 Å². The Hall–Kier alpha value is -14.1. The molecule has 0 aliphatic carbocycles. The molecule has 12 aromatic rings. The molecule has 3 saturated heterocycles. The van der Waals surface area contributed by atoms with Crippen LogP contribution >= 0.6 is 0 Å². The quantitative estimate of drug-likeness (QED) is 0.0961. The second kappa shape index (κ2) is 38.1. The Kier molecular flexibility index (Phi) is 26.6. The number of anilines is 4. The van der Waals surface area contributed by atoms with E-state index in [1.54, 1.807) is 44.8 Å². The van der Waals surface area contributed by atoms with Crippen LogP contribution in [0.2, 0.25) is 0 Å². The molecule has 0 saturated carbocycles. The van der Waals surface area contributed by atoms with Crippen molar-refractivity contribution in [3.05, 3.63) is 276 Å². The lowest BCUT2D eigenvalue weighted by atomic mass is 9.92. The third kappa shape index (κ3) is 17.6. The molecule has 0 radical (unpaired) electrons. The second-order valence-corrected chi connectivity index (χ2v) is 37.1.